The van der Waals surface area contributed by atoms with Gasteiger partial charge in [-0.3, -0.25) is 4.79 Å². The van der Waals surface area contributed by atoms with Gasteiger partial charge in [0.25, 0.3) is 0 Å². The van der Waals surface area contributed by atoms with Crippen LogP contribution in [0.5, 0.6) is 0 Å². The van der Waals surface area contributed by atoms with Crippen molar-refractivity contribution >= 4 is 5.78 Å². The number of carbonyl (C=O) groups excluding carboxylic acids is 1. The van der Waals surface area contributed by atoms with Gasteiger partial charge in [0.1, 0.15) is 0 Å². The lowest BCUT2D eigenvalue weighted by Gasteiger charge is -2.23. The second-order valence-corrected chi connectivity index (χ2v) is 6.01. The van der Waals surface area contributed by atoms with Crippen LogP contribution in [0.1, 0.15) is 54.2 Å². The molecule has 2 aromatic rings. The highest BCUT2D eigenvalue weighted by atomic mass is 16.1. The van der Waals surface area contributed by atoms with Crippen LogP contribution in [0.25, 0.3) is 0 Å². The van der Waals surface area contributed by atoms with E-state index < -0.39 is 0 Å². The van der Waals surface area contributed by atoms with E-state index in [1.807, 2.05) is 43.3 Å². The molecule has 0 N–H and O–H groups in total. The highest BCUT2D eigenvalue weighted by Crippen LogP contribution is 2.27. The lowest BCUT2D eigenvalue weighted by molar-refractivity contribution is 0.103. The first kappa shape index (κ1) is 14.5. The Morgan fingerprint density at radius 3 is 1.80 bits per heavy atom. The molecule has 0 heterocycles. The Morgan fingerprint density at radius 1 is 0.900 bits per heavy atom. The van der Waals surface area contributed by atoms with Gasteiger partial charge in [-0.15, -0.1) is 0 Å². The summed E-state index contributed by atoms with van der Waals surface area (Å²) in [5, 5.41) is 0. The van der Waals surface area contributed by atoms with Gasteiger partial charge in [-0.05, 0) is 24.3 Å². The Labute approximate surface area is 121 Å². The molecule has 20 heavy (non-hydrogen) atoms. The standard InChI is InChI=1S/C19H22O/c1-5-19(3,4)17-12-10-16(11-13-17)18(20)15-8-6-14(2)7-9-15/h6-13H,5H2,1-4H3. The second-order valence-electron chi connectivity index (χ2n) is 6.01. The summed E-state index contributed by atoms with van der Waals surface area (Å²) in [7, 11) is 0. The number of aryl methyl sites for hydroxylation is 1. The third-order valence-corrected chi connectivity index (χ3v) is 4.13. The van der Waals surface area contributed by atoms with E-state index in [1.54, 1.807) is 0 Å². The zero-order chi connectivity index (χ0) is 14.8. The maximum atomic E-state index is 12.4. The molecule has 0 radical (unpaired) electrons. The molecule has 104 valence electrons. The first-order valence-corrected chi connectivity index (χ1v) is 7.16. The number of benzene rings is 2. The molecule has 2 aromatic carbocycles. The molecule has 0 amide bonds. The van der Waals surface area contributed by atoms with Crippen LogP contribution in [-0.4, -0.2) is 5.78 Å². The fraction of sp³-hybridized carbons (Fsp3) is 0.316. The molecule has 0 fully saturated rings. The summed E-state index contributed by atoms with van der Waals surface area (Å²) in [5.74, 6) is 0.0888. The quantitative estimate of drug-likeness (QED) is 0.718. The highest BCUT2D eigenvalue weighted by molar-refractivity contribution is 6.09. The monoisotopic (exact) mass is 266 g/mol. The summed E-state index contributed by atoms with van der Waals surface area (Å²) in [6.45, 7) is 8.66. The fourth-order valence-electron chi connectivity index (χ4n) is 2.15. The number of ketones is 1. The second kappa shape index (κ2) is 5.62. The van der Waals surface area contributed by atoms with Crippen molar-refractivity contribution in [2.24, 2.45) is 0 Å². The van der Waals surface area contributed by atoms with Gasteiger partial charge in [0.15, 0.2) is 5.78 Å². The van der Waals surface area contributed by atoms with E-state index in [9.17, 15) is 4.79 Å². The van der Waals surface area contributed by atoms with Crippen molar-refractivity contribution in [3.05, 3.63) is 70.8 Å². The zero-order valence-corrected chi connectivity index (χ0v) is 12.7. The first-order chi connectivity index (χ1) is 9.44. The van der Waals surface area contributed by atoms with E-state index in [0.29, 0.717) is 0 Å². The molecule has 2 rings (SSSR count). The Kier molecular flexibility index (Phi) is 4.08. The van der Waals surface area contributed by atoms with Gasteiger partial charge in [0.2, 0.25) is 0 Å². The molecule has 0 aliphatic rings. The van der Waals surface area contributed by atoms with Gasteiger partial charge in [-0.25, -0.2) is 0 Å². The number of carbonyl (C=O) groups is 1. The Hall–Kier alpha value is -1.89. The lowest BCUT2D eigenvalue weighted by atomic mass is 9.82. The molecule has 0 aliphatic carbocycles. The molecule has 0 spiro atoms. The van der Waals surface area contributed by atoms with E-state index in [2.05, 4.69) is 32.9 Å². The van der Waals surface area contributed by atoms with Crippen LogP contribution in [0.4, 0.5) is 0 Å². The summed E-state index contributed by atoms with van der Waals surface area (Å²) in [6, 6.07) is 15.8. The van der Waals surface area contributed by atoms with Gasteiger partial charge in [-0.2, -0.15) is 0 Å². The molecule has 1 heteroatoms. The molecular weight excluding hydrogens is 244 g/mol. The SMILES string of the molecule is CCC(C)(C)c1ccc(C(=O)c2ccc(C)cc2)cc1. The van der Waals surface area contributed by atoms with Gasteiger partial charge in [0.05, 0.1) is 0 Å². The van der Waals surface area contributed by atoms with Gasteiger partial charge >= 0.3 is 0 Å². The van der Waals surface area contributed by atoms with Crippen LogP contribution in [0.3, 0.4) is 0 Å². The summed E-state index contributed by atoms with van der Waals surface area (Å²) in [5.41, 5.74) is 4.11. The molecule has 0 saturated heterocycles. The maximum Gasteiger partial charge on any atom is 0.193 e. The zero-order valence-electron chi connectivity index (χ0n) is 12.7. The normalized spacial score (nSPS) is 11.4. The molecule has 1 nitrogen and oxygen atoms in total. The van der Waals surface area contributed by atoms with Crippen molar-refractivity contribution in [1.82, 2.24) is 0 Å². The average molecular weight is 266 g/mol. The van der Waals surface area contributed by atoms with Crippen LogP contribution >= 0.6 is 0 Å². The largest absolute Gasteiger partial charge is 0.289 e. The van der Waals surface area contributed by atoms with E-state index >= 15 is 0 Å². The molecule has 0 atom stereocenters. The Bertz CT molecular complexity index is 589. The summed E-state index contributed by atoms with van der Waals surface area (Å²) >= 11 is 0. The molecular formula is C19H22O. The molecule has 0 unspecified atom stereocenters. The van der Waals surface area contributed by atoms with Crippen LogP contribution in [0.2, 0.25) is 0 Å². The van der Waals surface area contributed by atoms with E-state index in [1.165, 1.54) is 11.1 Å². The summed E-state index contributed by atoms with van der Waals surface area (Å²) < 4.78 is 0. The fourth-order valence-corrected chi connectivity index (χ4v) is 2.15. The van der Waals surface area contributed by atoms with Crippen molar-refractivity contribution in [2.75, 3.05) is 0 Å². The third-order valence-electron chi connectivity index (χ3n) is 4.13. The van der Waals surface area contributed by atoms with E-state index in [-0.39, 0.29) is 11.2 Å². The lowest BCUT2D eigenvalue weighted by Crippen LogP contribution is -2.15. The number of rotatable bonds is 4. The molecule has 0 aromatic heterocycles. The Balaban J connectivity index is 2.26. The van der Waals surface area contributed by atoms with Crippen LogP contribution in [0, 0.1) is 6.92 Å². The van der Waals surface area contributed by atoms with E-state index in [0.717, 1.165) is 17.5 Å². The minimum atomic E-state index is 0.0888. The molecule has 0 bridgehead atoms. The molecule has 0 saturated carbocycles. The third kappa shape index (κ3) is 2.98. The highest BCUT2D eigenvalue weighted by Gasteiger charge is 2.18. The predicted molar refractivity (Wildman–Crippen MR) is 84.4 cm³/mol. The maximum absolute atomic E-state index is 12.4. The van der Waals surface area contributed by atoms with Gasteiger partial charge in [-0.1, -0.05) is 74.9 Å². The Morgan fingerprint density at radius 2 is 1.35 bits per heavy atom. The minimum absolute atomic E-state index is 0.0888. The predicted octanol–water partition coefficient (Wildman–Crippen LogP) is 4.91. The first-order valence-electron chi connectivity index (χ1n) is 7.16. The van der Waals surface area contributed by atoms with Crippen LogP contribution < -0.4 is 0 Å². The average Bonchev–Trinajstić information content (AvgIpc) is 2.47. The smallest absolute Gasteiger partial charge is 0.193 e. The number of hydrogen-bond acceptors (Lipinski definition) is 1. The van der Waals surface area contributed by atoms with Crippen molar-refractivity contribution in [3.8, 4) is 0 Å². The van der Waals surface area contributed by atoms with Crippen molar-refractivity contribution in [1.29, 1.82) is 0 Å². The van der Waals surface area contributed by atoms with Crippen LogP contribution in [-0.2, 0) is 5.41 Å². The minimum Gasteiger partial charge on any atom is -0.289 e. The summed E-state index contributed by atoms with van der Waals surface area (Å²) in [4.78, 5) is 12.4. The van der Waals surface area contributed by atoms with Gasteiger partial charge < -0.3 is 0 Å². The van der Waals surface area contributed by atoms with E-state index in [4.69, 9.17) is 0 Å². The van der Waals surface area contributed by atoms with Crippen LogP contribution in [0.15, 0.2) is 48.5 Å². The number of hydrogen-bond donors (Lipinski definition) is 0. The van der Waals surface area contributed by atoms with Gasteiger partial charge in [0, 0.05) is 11.1 Å². The summed E-state index contributed by atoms with van der Waals surface area (Å²) in [6.07, 6.45) is 1.08. The molecule has 0 aliphatic heterocycles. The topological polar surface area (TPSA) is 17.1 Å². The van der Waals surface area contributed by atoms with Crippen molar-refractivity contribution < 1.29 is 4.79 Å². The van der Waals surface area contributed by atoms with Crippen molar-refractivity contribution in [2.45, 2.75) is 39.5 Å². The van der Waals surface area contributed by atoms with Crippen molar-refractivity contribution in [3.63, 3.8) is 0 Å².